The second-order valence-electron chi connectivity index (χ2n) is 4.87. The standard InChI is InChI=1S/C15H16FN3O2/c1-17-15(20)12-9-14(19-4-6-21-7-5-19)18-13-3-2-10(16)8-11(12)13/h2-3,8-9H,4-7H2,1H3,(H,17,20). The summed E-state index contributed by atoms with van der Waals surface area (Å²) in [4.78, 5) is 18.7. The van der Waals surface area contributed by atoms with Gasteiger partial charge in [-0.2, -0.15) is 0 Å². The Bertz CT molecular complexity index is 684. The molecule has 0 aliphatic carbocycles. The molecular weight excluding hydrogens is 273 g/mol. The Labute approximate surface area is 121 Å². The van der Waals surface area contributed by atoms with Gasteiger partial charge in [0.25, 0.3) is 5.91 Å². The van der Waals surface area contributed by atoms with Gasteiger partial charge in [-0.3, -0.25) is 4.79 Å². The maximum Gasteiger partial charge on any atom is 0.251 e. The highest BCUT2D eigenvalue weighted by Crippen LogP contribution is 2.24. The highest BCUT2D eigenvalue weighted by molar-refractivity contribution is 6.06. The van der Waals surface area contributed by atoms with Crippen molar-refractivity contribution in [1.29, 1.82) is 0 Å². The number of hydrogen-bond donors (Lipinski definition) is 1. The molecule has 0 bridgehead atoms. The van der Waals surface area contributed by atoms with Crippen LogP contribution in [0, 0.1) is 5.82 Å². The Morgan fingerprint density at radius 2 is 2.10 bits per heavy atom. The van der Waals surface area contributed by atoms with Crippen LogP contribution in [0.15, 0.2) is 24.3 Å². The van der Waals surface area contributed by atoms with E-state index in [0.717, 1.165) is 18.9 Å². The third-order valence-electron chi connectivity index (χ3n) is 3.56. The Hall–Kier alpha value is -2.21. The fourth-order valence-corrected chi connectivity index (χ4v) is 2.46. The van der Waals surface area contributed by atoms with Gasteiger partial charge in [-0.15, -0.1) is 0 Å². The molecule has 21 heavy (non-hydrogen) atoms. The minimum Gasteiger partial charge on any atom is -0.378 e. The van der Waals surface area contributed by atoms with Crippen molar-refractivity contribution in [3.8, 4) is 0 Å². The Balaban J connectivity index is 2.14. The van der Waals surface area contributed by atoms with Crippen LogP contribution in [-0.2, 0) is 4.74 Å². The molecule has 0 spiro atoms. The Morgan fingerprint density at radius 1 is 1.33 bits per heavy atom. The van der Waals surface area contributed by atoms with E-state index in [1.165, 1.54) is 12.1 Å². The van der Waals surface area contributed by atoms with Gasteiger partial charge in [-0.05, 0) is 24.3 Å². The first kappa shape index (κ1) is 13.8. The van der Waals surface area contributed by atoms with Crippen molar-refractivity contribution in [3.63, 3.8) is 0 Å². The second-order valence-corrected chi connectivity index (χ2v) is 4.87. The summed E-state index contributed by atoms with van der Waals surface area (Å²) >= 11 is 0. The highest BCUT2D eigenvalue weighted by Gasteiger charge is 2.17. The number of fused-ring (bicyclic) bond motifs is 1. The number of rotatable bonds is 2. The predicted octanol–water partition coefficient (Wildman–Crippen LogP) is 1.57. The number of benzene rings is 1. The van der Waals surface area contributed by atoms with Crippen LogP contribution in [0.25, 0.3) is 10.9 Å². The third-order valence-corrected chi connectivity index (χ3v) is 3.56. The van der Waals surface area contributed by atoms with Gasteiger partial charge in [0, 0.05) is 25.5 Å². The van der Waals surface area contributed by atoms with E-state index < -0.39 is 0 Å². The van der Waals surface area contributed by atoms with Crippen LogP contribution in [0.3, 0.4) is 0 Å². The first-order chi connectivity index (χ1) is 10.2. The fourth-order valence-electron chi connectivity index (χ4n) is 2.46. The smallest absolute Gasteiger partial charge is 0.251 e. The van der Waals surface area contributed by atoms with Crippen LogP contribution >= 0.6 is 0 Å². The van der Waals surface area contributed by atoms with Crippen LogP contribution in [0.4, 0.5) is 10.2 Å². The topological polar surface area (TPSA) is 54.5 Å². The summed E-state index contributed by atoms with van der Waals surface area (Å²) in [6.07, 6.45) is 0. The number of morpholine rings is 1. The van der Waals surface area contributed by atoms with E-state index in [4.69, 9.17) is 4.74 Å². The molecule has 3 rings (SSSR count). The molecule has 1 N–H and O–H groups in total. The van der Waals surface area contributed by atoms with Crippen molar-refractivity contribution in [1.82, 2.24) is 10.3 Å². The molecule has 0 unspecified atom stereocenters. The molecule has 110 valence electrons. The van der Waals surface area contributed by atoms with Gasteiger partial charge in [-0.1, -0.05) is 0 Å². The minimum absolute atomic E-state index is 0.248. The Morgan fingerprint density at radius 3 is 2.81 bits per heavy atom. The summed E-state index contributed by atoms with van der Waals surface area (Å²) in [6.45, 7) is 2.73. The maximum absolute atomic E-state index is 13.5. The molecule has 0 atom stereocenters. The van der Waals surface area contributed by atoms with Gasteiger partial charge in [-0.25, -0.2) is 9.37 Å². The van der Waals surface area contributed by atoms with Crippen molar-refractivity contribution in [2.45, 2.75) is 0 Å². The summed E-state index contributed by atoms with van der Waals surface area (Å²) < 4.78 is 18.8. The Kier molecular flexibility index (Phi) is 3.70. The van der Waals surface area contributed by atoms with E-state index in [0.29, 0.717) is 29.7 Å². The van der Waals surface area contributed by atoms with E-state index >= 15 is 0 Å². The van der Waals surface area contributed by atoms with Crippen molar-refractivity contribution < 1.29 is 13.9 Å². The number of nitrogens with one attached hydrogen (secondary N) is 1. The van der Waals surface area contributed by atoms with E-state index in [-0.39, 0.29) is 11.7 Å². The maximum atomic E-state index is 13.5. The number of amides is 1. The largest absolute Gasteiger partial charge is 0.378 e. The van der Waals surface area contributed by atoms with Gasteiger partial charge < -0.3 is 15.0 Å². The molecule has 1 fully saturated rings. The SMILES string of the molecule is CNC(=O)c1cc(N2CCOCC2)nc2ccc(F)cc12. The number of ether oxygens (including phenoxy) is 1. The number of carbonyl (C=O) groups excluding carboxylic acids is 1. The fraction of sp³-hybridized carbons (Fsp3) is 0.333. The molecular formula is C15H16FN3O2. The average Bonchev–Trinajstić information content (AvgIpc) is 2.54. The van der Waals surface area contributed by atoms with E-state index in [1.807, 2.05) is 0 Å². The van der Waals surface area contributed by atoms with Gasteiger partial charge in [0.2, 0.25) is 0 Å². The molecule has 0 radical (unpaired) electrons. The monoisotopic (exact) mass is 289 g/mol. The number of anilines is 1. The lowest BCUT2D eigenvalue weighted by Gasteiger charge is -2.28. The lowest BCUT2D eigenvalue weighted by atomic mass is 10.1. The molecule has 1 aliphatic heterocycles. The summed E-state index contributed by atoms with van der Waals surface area (Å²) in [5, 5.41) is 3.11. The molecule has 2 heterocycles. The molecule has 1 amide bonds. The molecule has 6 heteroatoms. The van der Waals surface area contributed by atoms with E-state index in [1.54, 1.807) is 19.2 Å². The number of pyridine rings is 1. The van der Waals surface area contributed by atoms with Crippen molar-refractivity contribution in [2.24, 2.45) is 0 Å². The minimum atomic E-state index is -0.381. The molecule has 1 saturated heterocycles. The van der Waals surface area contributed by atoms with Crippen molar-refractivity contribution in [3.05, 3.63) is 35.6 Å². The van der Waals surface area contributed by atoms with Crippen LogP contribution in [0.5, 0.6) is 0 Å². The van der Waals surface area contributed by atoms with E-state index in [9.17, 15) is 9.18 Å². The number of hydrogen-bond acceptors (Lipinski definition) is 4. The summed E-state index contributed by atoms with van der Waals surface area (Å²) in [6, 6.07) is 6.01. The number of nitrogens with zero attached hydrogens (tertiary/aromatic N) is 2. The van der Waals surface area contributed by atoms with Crippen LogP contribution in [-0.4, -0.2) is 44.2 Å². The summed E-state index contributed by atoms with van der Waals surface area (Å²) in [7, 11) is 1.56. The van der Waals surface area contributed by atoms with E-state index in [2.05, 4.69) is 15.2 Å². The molecule has 1 aliphatic rings. The number of carbonyl (C=O) groups is 1. The predicted molar refractivity (Wildman–Crippen MR) is 78.1 cm³/mol. The van der Waals surface area contributed by atoms with Crippen molar-refractivity contribution in [2.75, 3.05) is 38.3 Å². The third kappa shape index (κ3) is 2.67. The quantitative estimate of drug-likeness (QED) is 0.912. The number of aromatic nitrogens is 1. The van der Waals surface area contributed by atoms with Crippen LogP contribution < -0.4 is 10.2 Å². The highest BCUT2D eigenvalue weighted by atomic mass is 19.1. The van der Waals surface area contributed by atoms with Crippen LogP contribution in [0.2, 0.25) is 0 Å². The van der Waals surface area contributed by atoms with Crippen LogP contribution in [0.1, 0.15) is 10.4 Å². The zero-order chi connectivity index (χ0) is 14.8. The van der Waals surface area contributed by atoms with Gasteiger partial charge >= 0.3 is 0 Å². The van der Waals surface area contributed by atoms with Gasteiger partial charge in [0.15, 0.2) is 0 Å². The zero-order valence-electron chi connectivity index (χ0n) is 11.7. The second kappa shape index (κ2) is 5.65. The zero-order valence-corrected chi connectivity index (χ0v) is 11.7. The van der Waals surface area contributed by atoms with Gasteiger partial charge in [0.05, 0.1) is 24.3 Å². The first-order valence-corrected chi connectivity index (χ1v) is 6.84. The number of halogens is 1. The first-order valence-electron chi connectivity index (χ1n) is 6.84. The van der Waals surface area contributed by atoms with Crippen molar-refractivity contribution >= 4 is 22.6 Å². The summed E-state index contributed by atoms with van der Waals surface area (Å²) in [5.41, 5.74) is 1.04. The van der Waals surface area contributed by atoms with Gasteiger partial charge in [0.1, 0.15) is 11.6 Å². The molecule has 1 aromatic heterocycles. The lowest BCUT2D eigenvalue weighted by molar-refractivity contribution is 0.0964. The molecule has 2 aromatic rings. The summed E-state index contributed by atoms with van der Waals surface area (Å²) in [5.74, 6) is 0.0899. The molecule has 5 nitrogen and oxygen atoms in total. The molecule has 0 saturated carbocycles. The average molecular weight is 289 g/mol. The normalized spacial score (nSPS) is 15.2. The lowest BCUT2D eigenvalue weighted by Crippen LogP contribution is -2.37. The molecule has 1 aromatic carbocycles.